The zero-order chi connectivity index (χ0) is 34.6. The lowest BCUT2D eigenvalue weighted by atomic mass is 10.0. The second-order valence-electron chi connectivity index (χ2n) is 12.9. The van der Waals surface area contributed by atoms with Crippen LogP contribution in [0, 0.1) is 11.3 Å². The highest BCUT2D eigenvalue weighted by molar-refractivity contribution is 6.11. The van der Waals surface area contributed by atoms with Crippen LogP contribution >= 0.6 is 0 Å². The third-order valence-corrected chi connectivity index (χ3v) is 9.98. The van der Waals surface area contributed by atoms with Crippen molar-refractivity contribution in [3.05, 3.63) is 181 Å². The van der Waals surface area contributed by atoms with E-state index in [2.05, 4.69) is 143 Å². The van der Waals surface area contributed by atoms with Crippen LogP contribution in [0.5, 0.6) is 0 Å². The summed E-state index contributed by atoms with van der Waals surface area (Å²) in [6.07, 6.45) is 0. The van der Waals surface area contributed by atoms with Crippen molar-refractivity contribution in [2.24, 2.45) is 0 Å². The van der Waals surface area contributed by atoms with E-state index >= 15 is 0 Å². The van der Waals surface area contributed by atoms with Crippen molar-refractivity contribution in [2.45, 2.75) is 0 Å². The van der Waals surface area contributed by atoms with Crippen molar-refractivity contribution in [1.82, 2.24) is 19.1 Å². The Kier molecular flexibility index (Phi) is 6.80. The number of hydrogen-bond acceptors (Lipinski definition) is 3. The summed E-state index contributed by atoms with van der Waals surface area (Å²) in [7, 11) is 0. The molecule has 10 rings (SSSR count). The van der Waals surface area contributed by atoms with Crippen LogP contribution in [0.25, 0.3) is 88.9 Å². The average Bonchev–Trinajstić information content (AvgIpc) is 3.74. The molecule has 0 unspecified atom stereocenters. The zero-order valence-electron chi connectivity index (χ0n) is 28.0. The lowest BCUT2D eigenvalue weighted by Crippen LogP contribution is -2.06. The second kappa shape index (κ2) is 11.9. The fourth-order valence-corrected chi connectivity index (χ4v) is 7.66. The molecule has 0 amide bonds. The van der Waals surface area contributed by atoms with E-state index in [0.29, 0.717) is 11.4 Å². The third kappa shape index (κ3) is 4.63. The molecule has 0 aliphatic rings. The van der Waals surface area contributed by atoms with Gasteiger partial charge in [0.25, 0.3) is 0 Å². The van der Waals surface area contributed by atoms with Gasteiger partial charge in [-0.05, 0) is 42.5 Å². The van der Waals surface area contributed by atoms with E-state index in [4.69, 9.17) is 9.97 Å². The molecule has 3 heterocycles. The smallest absolute Gasteiger partial charge is 0.162 e. The predicted octanol–water partition coefficient (Wildman–Crippen LogP) is 11.5. The van der Waals surface area contributed by atoms with E-state index in [-0.39, 0.29) is 0 Å². The molecule has 3 aromatic heterocycles. The number of nitrogens with zero attached hydrogens (tertiary/aromatic N) is 5. The summed E-state index contributed by atoms with van der Waals surface area (Å²) in [6, 6.07) is 63.0. The third-order valence-electron chi connectivity index (χ3n) is 9.98. The normalized spacial score (nSPS) is 11.4. The largest absolute Gasteiger partial charge is 0.308 e. The standard InChI is InChI=1S/C47H29N5/c48-30-33-27-38(47-49-39(31-15-3-1-4-16-31)28-40(50-47)32-17-5-2-6-18-32)46(52-43-25-13-9-21-36(43)37-22-10-14-26-44(37)52)29-45(33)51-41-23-11-7-19-34(41)35-20-8-12-24-42(35)51/h1-29H. The van der Waals surface area contributed by atoms with Gasteiger partial charge in [-0.1, -0.05) is 133 Å². The first-order valence-corrected chi connectivity index (χ1v) is 17.3. The molecule has 0 aliphatic heterocycles. The first kappa shape index (κ1) is 29.6. The molecule has 0 bridgehead atoms. The lowest BCUT2D eigenvalue weighted by molar-refractivity contribution is 1.11. The molecule has 7 aromatic carbocycles. The molecule has 242 valence electrons. The summed E-state index contributed by atoms with van der Waals surface area (Å²) in [4.78, 5) is 10.5. The maximum Gasteiger partial charge on any atom is 0.162 e. The van der Waals surface area contributed by atoms with Gasteiger partial charge in [0.15, 0.2) is 5.82 Å². The topological polar surface area (TPSA) is 59.4 Å². The summed E-state index contributed by atoms with van der Waals surface area (Å²) in [5, 5.41) is 15.5. The van der Waals surface area contributed by atoms with E-state index in [1.165, 1.54) is 0 Å². The molecule has 0 N–H and O–H groups in total. The van der Waals surface area contributed by atoms with Gasteiger partial charge in [0, 0.05) is 38.2 Å². The average molecular weight is 664 g/mol. The molecule has 0 spiro atoms. The Balaban J connectivity index is 1.36. The van der Waals surface area contributed by atoms with Crippen molar-refractivity contribution in [1.29, 1.82) is 5.26 Å². The maximum absolute atomic E-state index is 11.0. The van der Waals surface area contributed by atoms with Crippen LogP contribution in [-0.2, 0) is 0 Å². The van der Waals surface area contributed by atoms with Gasteiger partial charge in [-0.25, -0.2) is 9.97 Å². The summed E-state index contributed by atoms with van der Waals surface area (Å²) >= 11 is 0. The molecule has 10 aromatic rings. The maximum atomic E-state index is 11.0. The number of para-hydroxylation sites is 4. The number of nitriles is 1. The van der Waals surface area contributed by atoms with Crippen molar-refractivity contribution in [3.8, 4) is 51.3 Å². The summed E-state index contributed by atoms with van der Waals surface area (Å²) in [6.45, 7) is 0. The van der Waals surface area contributed by atoms with Gasteiger partial charge >= 0.3 is 0 Å². The van der Waals surface area contributed by atoms with Gasteiger partial charge in [-0.15, -0.1) is 0 Å². The summed E-state index contributed by atoms with van der Waals surface area (Å²) in [5.41, 5.74) is 10.8. The van der Waals surface area contributed by atoms with Gasteiger partial charge < -0.3 is 9.13 Å². The highest BCUT2D eigenvalue weighted by atomic mass is 15.0. The van der Waals surface area contributed by atoms with E-state index in [9.17, 15) is 5.26 Å². The van der Waals surface area contributed by atoms with Crippen molar-refractivity contribution < 1.29 is 0 Å². The molecule has 0 aliphatic carbocycles. The van der Waals surface area contributed by atoms with Crippen LogP contribution in [0.3, 0.4) is 0 Å². The predicted molar refractivity (Wildman–Crippen MR) is 212 cm³/mol. The van der Waals surface area contributed by atoms with Crippen LogP contribution in [0.1, 0.15) is 5.56 Å². The van der Waals surface area contributed by atoms with Crippen LogP contribution in [0.4, 0.5) is 0 Å². The van der Waals surface area contributed by atoms with Gasteiger partial charge in [0.05, 0.1) is 50.4 Å². The van der Waals surface area contributed by atoms with Crippen molar-refractivity contribution in [3.63, 3.8) is 0 Å². The van der Waals surface area contributed by atoms with Crippen LogP contribution in [0.2, 0.25) is 0 Å². The quantitative estimate of drug-likeness (QED) is 0.184. The number of fused-ring (bicyclic) bond motifs is 6. The molecule has 0 radical (unpaired) electrons. The summed E-state index contributed by atoms with van der Waals surface area (Å²) in [5.74, 6) is 0.544. The first-order valence-electron chi connectivity index (χ1n) is 17.3. The molecule has 0 saturated carbocycles. The highest BCUT2D eigenvalue weighted by Crippen LogP contribution is 2.40. The van der Waals surface area contributed by atoms with Crippen LogP contribution in [-0.4, -0.2) is 19.1 Å². The molecule has 52 heavy (non-hydrogen) atoms. The number of benzene rings is 7. The number of aromatic nitrogens is 4. The van der Waals surface area contributed by atoms with Crippen molar-refractivity contribution in [2.75, 3.05) is 0 Å². The SMILES string of the molecule is N#Cc1cc(-c2nc(-c3ccccc3)cc(-c3ccccc3)n2)c(-n2c3ccccc3c3ccccc32)cc1-n1c2ccccc2c2ccccc21. The van der Waals surface area contributed by atoms with Crippen LogP contribution < -0.4 is 0 Å². The molecule has 5 nitrogen and oxygen atoms in total. The van der Waals surface area contributed by atoms with Gasteiger partial charge in [-0.2, -0.15) is 5.26 Å². The Hall–Kier alpha value is -7.29. The van der Waals surface area contributed by atoms with E-state index in [1.807, 2.05) is 48.5 Å². The Morgan fingerprint density at radius 3 is 1.21 bits per heavy atom. The molecule has 5 heteroatoms. The zero-order valence-corrected chi connectivity index (χ0v) is 28.0. The Labute approximate surface area is 299 Å². The van der Waals surface area contributed by atoms with Gasteiger partial charge in [0.2, 0.25) is 0 Å². The Morgan fingerprint density at radius 2 is 0.788 bits per heavy atom. The Morgan fingerprint density at radius 1 is 0.404 bits per heavy atom. The highest BCUT2D eigenvalue weighted by Gasteiger charge is 2.23. The minimum atomic E-state index is 0.529. The summed E-state index contributed by atoms with van der Waals surface area (Å²) < 4.78 is 4.53. The monoisotopic (exact) mass is 663 g/mol. The van der Waals surface area contributed by atoms with Gasteiger partial charge in [-0.3, -0.25) is 0 Å². The number of rotatable bonds is 5. The van der Waals surface area contributed by atoms with E-state index < -0.39 is 0 Å². The van der Waals surface area contributed by atoms with Crippen LogP contribution in [0.15, 0.2) is 176 Å². The van der Waals surface area contributed by atoms with Gasteiger partial charge in [0.1, 0.15) is 6.07 Å². The molecular weight excluding hydrogens is 635 g/mol. The Bertz CT molecular complexity index is 2860. The molecular formula is C47H29N5. The van der Waals surface area contributed by atoms with E-state index in [0.717, 1.165) is 83.1 Å². The van der Waals surface area contributed by atoms with Crippen molar-refractivity contribution >= 4 is 43.6 Å². The molecule has 0 saturated heterocycles. The molecule has 0 fully saturated rings. The second-order valence-corrected chi connectivity index (χ2v) is 12.9. The minimum Gasteiger partial charge on any atom is -0.308 e. The fourth-order valence-electron chi connectivity index (χ4n) is 7.66. The molecule has 0 atom stereocenters. The lowest BCUT2D eigenvalue weighted by Gasteiger charge is -2.19. The minimum absolute atomic E-state index is 0.529. The van der Waals surface area contributed by atoms with E-state index in [1.54, 1.807) is 0 Å². The first-order chi connectivity index (χ1) is 25.8. The fraction of sp³-hybridized carbons (Fsp3) is 0. The number of hydrogen-bond donors (Lipinski definition) is 0.